The van der Waals surface area contributed by atoms with E-state index in [2.05, 4.69) is 11.4 Å². The second-order valence-corrected chi connectivity index (χ2v) is 4.61. The fourth-order valence-electron chi connectivity index (χ4n) is 1.98. The Morgan fingerprint density at radius 1 is 1.00 bits per heavy atom. The number of hydrogen-bond acceptors (Lipinski definition) is 4. The minimum atomic E-state index is 0. The van der Waals surface area contributed by atoms with E-state index in [0.717, 1.165) is 43.9 Å². The molecule has 122 valence electrons. The van der Waals surface area contributed by atoms with Crippen LogP contribution in [0.15, 0.2) is 18.2 Å². The summed E-state index contributed by atoms with van der Waals surface area (Å²) in [5.41, 5.74) is 1.19. The van der Waals surface area contributed by atoms with Gasteiger partial charge in [0.1, 0.15) is 0 Å². The van der Waals surface area contributed by atoms with Gasteiger partial charge >= 0.3 is 0 Å². The standard InChI is InChI=1S/C16H27NO3.ClH/c1-3-19-15-9-8-14(12-16(15)20-4-2)13-17-10-6-5-7-11-18;/h8-9,12,17-18H,3-7,10-11,13H2,1-2H3;1H. The maximum Gasteiger partial charge on any atom is 0.161 e. The van der Waals surface area contributed by atoms with Gasteiger partial charge < -0.3 is 19.9 Å². The maximum absolute atomic E-state index is 8.71. The molecule has 21 heavy (non-hydrogen) atoms. The number of unbranched alkanes of at least 4 members (excludes halogenated alkanes) is 2. The summed E-state index contributed by atoms with van der Waals surface area (Å²) in [5.74, 6) is 1.62. The van der Waals surface area contributed by atoms with Crippen molar-refractivity contribution in [3.8, 4) is 11.5 Å². The third kappa shape index (κ3) is 8.15. The lowest BCUT2D eigenvalue weighted by molar-refractivity contribution is 0.282. The highest BCUT2D eigenvalue weighted by atomic mass is 35.5. The molecule has 0 radical (unpaired) electrons. The van der Waals surface area contributed by atoms with Crippen molar-refractivity contribution in [3.63, 3.8) is 0 Å². The molecule has 0 fully saturated rings. The summed E-state index contributed by atoms with van der Waals surface area (Å²) in [6.45, 7) is 7.30. The molecule has 0 atom stereocenters. The largest absolute Gasteiger partial charge is 0.490 e. The van der Waals surface area contributed by atoms with Crippen molar-refractivity contribution < 1.29 is 14.6 Å². The van der Waals surface area contributed by atoms with E-state index >= 15 is 0 Å². The third-order valence-corrected chi connectivity index (χ3v) is 2.95. The SMILES string of the molecule is CCOc1ccc(CNCCCCCO)cc1OCC.Cl. The van der Waals surface area contributed by atoms with E-state index in [1.54, 1.807) is 0 Å². The maximum atomic E-state index is 8.71. The van der Waals surface area contributed by atoms with Crippen LogP contribution in [0, 0.1) is 0 Å². The van der Waals surface area contributed by atoms with Gasteiger partial charge in [0.05, 0.1) is 13.2 Å². The number of aliphatic hydroxyl groups is 1. The molecule has 2 N–H and O–H groups in total. The quantitative estimate of drug-likeness (QED) is 0.616. The number of rotatable bonds is 11. The molecule has 1 aromatic rings. The number of halogens is 1. The molecule has 0 aliphatic rings. The number of nitrogens with one attached hydrogen (secondary N) is 1. The van der Waals surface area contributed by atoms with Crippen LogP contribution in [0.25, 0.3) is 0 Å². The Hall–Kier alpha value is -0.970. The van der Waals surface area contributed by atoms with Crippen molar-refractivity contribution in [2.75, 3.05) is 26.4 Å². The van der Waals surface area contributed by atoms with Crippen molar-refractivity contribution in [2.24, 2.45) is 0 Å². The van der Waals surface area contributed by atoms with E-state index in [1.807, 2.05) is 26.0 Å². The molecular weight excluding hydrogens is 290 g/mol. The van der Waals surface area contributed by atoms with Gasteiger partial charge in [-0.15, -0.1) is 12.4 Å². The molecular formula is C16H28ClNO3. The molecule has 0 heterocycles. The minimum absolute atomic E-state index is 0. The molecule has 0 saturated carbocycles. The van der Waals surface area contributed by atoms with Crippen LogP contribution in [0.4, 0.5) is 0 Å². The number of ether oxygens (including phenoxy) is 2. The zero-order valence-electron chi connectivity index (χ0n) is 13.1. The molecule has 0 aliphatic carbocycles. The monoisotopic (exact) mass is 317 g/mol. The van der Waals surface area contributed by atoms with E-state index in [0.29, 0.717) is 13.2 Å². The first-order valence-electron chi connectivity index (χ1n) is 7.51. The third-order valence-electron chi connectivity index (χ3n) is 2.95. The van der Waals surface area contributed by atoms with Gasteiger partial charge in [0.25, 0.3) is 0 Å². The molecule has 4 nitrogen and oxygen atoms in total. The first-order chi connectivity index (χ1) is 9.81. The molecule has 0 saturated heterocycles. The Morgan fingerprint density at radius 2 is 1.71 bits per heavy atom. The minimum Gasteiger partial charge on any atom is -0.490 e. The van der Waals surface area contributed by atoms with E-state index in [-0.39, 0.29) is 19.0 Å². The predicted octanol–water partition coefficient (Wildman–Crippen LogP) is 3.16. The highest BCUT2D eigenvalue weighted by Crippen LogP contribution is 2.28. The molecule has 0 aromatic heterocycles. The van der Waals surface area contributed by atoms with Crippen LogP contribution in [0.2, 0.25) is 0 Å². The Labute approximate surface area is 134 Å². The van der Waals surface area contributed by atoms with Gasteiger partial charge in [0.2, 0.25) is 0 Å². The zero-order valence-corrected chi connectivity index (χ0v) is 13.9. The lowest BCUT2D eigenvalue weighted by Gasteiger charge is -2.12. The molecule has 1 rings (SSSR count). The molecule has 0 amide bonds. The van der Waals surface area contributed by atoms with E-state index < -0.39 is 0 Å². The van der Waals surface area contributed by atoms with Gasteiger partial charge in [0, 0.05) is 13.2 Å². The molecule has 0 bridgehead atoms. The topological polar surface area (TPSA) is 50.7 Å². The second kappa shape index (κ2) is 12.7. The fourth-order valence-corrected chi connectivity index (χ4v) is 1.98. The summed E-state index contributed by atoms with van der Waals surface area (Å²) < 4.78 is 11.2. The van der Waals surface area contributed by atoms with Crippen molar-refractivity contribution in [2.45, 2.75) is 39.7 Å². The first kappa shape index (κ1) is 20.0. The predicted molar refractivity (Wildman–Crippen MR) is 88.7 cm³/mol. The van der Waals surface area contributed by atoms with Crippen molar-refractivity contribution in [3.05, 3.63) is 23.8 Å². The summed E-state index contributed by atoms with van der Waals surface area (Å²) in [7, 11) is 0. The summed E-state index contributed by atoms with van der Waals surface area (Å²) in [4.78, 5) is 0. The smallest absolute Gasteiger partial charge is 0.161 e. The normalized spacial score (nSPS) is 10.0. The Kier molecular flexibility index (Phi) is 12.2. The van der Waals surface area contributed by atoms with Gasteiger partial charge in [-0.05, 0) is 57.4 Å². The number of hydrogen-bond donors (Lipinski definition) is 2. The Bertz CT molecular complexity index is 375. The van der Waals surface area contributed by atoms with Gasteiger partial charge in [-0.25, -0.2) is 0 Å². The molecule has 5 heteroatoms. The molecule has 0 spiro atoms. The summed E-state index contributed by atoms with van der Waals surface area (Å²) in [6.07, 6.45) is 3.05. The average Bonchev–Trinajstić information content (AvgIpc) is 2.46. The van der Waals surface area contributed by atoms with E-state index in [4.69, 9.17) is 14.6 Å². The van der Waals surface area contributed by atoms with Crippen LogP contribution in [0.3, 0.4) is 0 Å². The van der Waals surface area contributed by atoms with Crippen LogP contribution >= 0.6 is 12.4 Å². The van der Waals surface area contributed by atoms with Crippen LogP contribution < -0.4 is 14.8 Å². The fraction of sp³-hybridized carbons (Fsp3) is 0.625. The summed E-state index contributed by atoms with van der Waals surface area (Å²) in [6, 6.07) is 6.07. The van der Waals surface area contributed by atoms with Crippen molar-refractivity contribution >= 4 is 12.4 Å². The summed E-state index contributed by atoms with van der Waals surface area (Å²) in [5, 5.41) is 12.1. The van der Waals surface area contributed by atoms with Crippen LogP contribution in [-0.2, 0) is 6.54 Å². The Morgan fingerprint density at radius 3 is 2.38 bits per heavy atom. The Balaban J connectivity index is 0.00000400. The number of aliphatic hydroxyl groups excluding tert-OH is 1. The van der Waals surface area contributed by atoms with Crippen LogP contribution in [0.1, 0.15) is 38.7 Å². The second-order valence-electron chi connectivity index (χ2n) is 4.61. The van der Waals surface area contributed by atoms with Gasteiger partial charge in [0.15, 0.2) is 11.5 Å². The van der Waals surface area contributed by atoms with Gasteiger partial charge in [-0.1, -0.05) is 6.07 Å². The van der Waals surface area contributed by atoms with Crippen LogP contribution in [-0.4, -0.2) is 31.5 Å². The van der Waals surface area contributed by atoms with E-state index in [1.165, 1.54) is 5.56 Å². The van der Waals surface area contributed by atoms with Gasteiger partial charge in [-0.2, -0.15) is 0 Å². The van der Waals surface area contributed by atoms with Crippen molar-refractivity contribution in [1.82, 2.24) is 5.32 Å². The lowest BCUT2D eigenvalue weighted by Crippen LogP contribution is -2.15. The average molecular weight is 318 g/mol. The highest BCUT2D eigenvalue weighted by molar-refractivity contribution is 5.85. The van der Waals surface area contributed by atoms with Crippen molar-refractivity contribution in [1.29, 1.82) is 0 Å². The molecule has 0 aliphatic heterocycles. The molecule has 1 aromatic carbocycles. The lowest BCUT2D eigenvalue weighted by atomic mass is 10.2. The number of benzene rings is 1. The first-order valence-corrected chi connectivity index (χ1v) is 7.51. The van der Waals surface area contributed by atoms with E-state index in [9.17, 15) is 0 Å². The highest BCUT2D eigenvalue weighted by Gasteiger charge is 2.05. The van der Waals surface area contributed by atoms with Gasteiger partial charge in [-0.3, -0.25) is 0 Å². The van der Waals surface area contributed by atoms with Crippen LogP contribution in [0.5, 0.6) is 11.5 Å². The zero-order chi connectivity index (χ0) is 14.6. The summed E-state index contributed by atoms with van der Waals surface area (Å²) >= 11 is 0. The molecule has 0 unspecified atom stereocenters.